The Morgan fingerprint density at radius 2 is 1.94 bits per heavy atom. The third-order valence-corrected chi connectivity index (χ3v) is 3.01. The van der Waals surface area contributed by atoms with Crippen LogP contribution in [0.25, 0.3) is 0 Å². The van der Waals surface area contributed by atoms with Gasteiger partial charge in [-0.15, -0.1) is 0 Å². The van der Waals surface area contributed by atoms with Crippen molar-refractivity contribution in [3.8, 4) is 0 Å². The zero-order valence-electron chi connectivity index (χ0n) is 10.0. The zero-order valence-corrected chi connectivity index (χ0v) is 10.0. The van der Waals surface area contributed by atoms with Crippen LogP contribution >= 0.6 is 0 Å². The highest BCUT2D eigenvalue weighted by Gasteiger charge is 2.33. The number of amides is 1. The summed E-state index contributed by atoms with van der Waals surface area (Å²) in [5, 5.41) is 11.5. The second kappa shape index (κ2) is 5.64. The summed E-state index contributed by atoms with van der Waals surface area (Å²) in [5.74, 6) is -1.16. The van der Waals surface area contributed by atoms with Gasteiger partial charge in [0.1, 0.15) is 0 Å². The molecule has 2 N–H and O–H groups in total. The molecule has 1 amide bonds. The summed E-state index contributed by atoms with van der Waals surface area (Å²) in [6.07, 6.45) is 0. The second-order valence-electron chi connectivity index (χ2n) is 4.49. The molecule has 1 heterocycles. The second-order valence-corrected chi connectivity index (χ2v) is 4.49. The van der Waals surface area contributed by atoms with Gasteiger partial charge in [-0.05, 0) is 5.56 Å². The van der Waals surface area contributed by atoms with E-state index in [-0.39, 0.29) is 18.4 Å². The van der Waals surface area contributed by atoms with Crippen LogP contribution in [0.1, 0.15) is 5.56 Å². The number of hydrogen-bond donors (Lipinski definition) is 2. The molecule has 0 spiro atoms. The van der Waals surface area contributed by atoms with Gasteiger partial charge in [0.25, 0.3) is 0 Å². The van der Waals surface area contributed by atoms with Gasteiger partial charge < -0.3 is 10.4 Å². The van der Waals surface area contributed by atoms with E-state index < -0.39 is 5.97 Å². The van der Waals surface area contributed by atoms with Crippen LogP contribution in [0.4, 0.5) is 0 Å². The molecule has 0 bridgehead atoms. The number of likely N-dealkylation sites (tertiary alicyclic amines) is 1. The molecule has 0 unspecified atom stereocenters. The van der Waals surface area contributed by atoms with Crippen molar-refractivity contribution >= 4 is 11.9 Å². The smallest absolute Gasteiger partial charge is 0.309 e. The minimum absolute atomic E-state index is 0.0670. The minimum Gasteiger partial charge on any atom is -0.481 e. The average Bonchev–Trinajstić information content (AvgIpc) is 2.31. The fourth-order valence-electron chi connectivity index (χ4n) is 1.91. The van der Waals surface area contributed by atoms with E-state index in [0.717, 1.165) is 5.56 Å². The molecule has 1 aromatic carbocycles. The van der Waals surface area contributed by atoms with Crippen LogP contribution in [0, 0.1) is 5.92 Å². The first-order chi connectivity index (χ1) is 8.65. The lowest BCUT2D eigenvalue weighted by molar-refractivity contribution is -0.148. The number of rotatable bonds is 5. The monoisotopic (exact) mass is 248 g/mol. The van der Waals surface area contributed by atoms with Gasteiger partial charge in [-0.2, -0.15) is 0 Å². The topological polar surface area (TPSA) is 69.6 Å². The van der Waals surface area contributed by atoms with Gasteiger partial charge in [0.05, 0.1) is 12.5 Å². The molecule has 5 heteroatoms. The van der Waals surface area contributed by atoms with E-state index >= 15 is 0 Å². The Balaban J connectivity index is 1.66. The molecule has 1 aliphatic rings. The summed E-state index contributed by atoms with van der Waals surface area (Å²) in [4.78, 5) is 24.0. The van der Waals surface area contributed by atoms with Crippen LogP contribution in [-0.4, -0.2) is 41.5 Å². The summed E-state index contributed by atoms with van der Waals surface area (Å²) in [6.45, 7) is 1.72. The predicted octanol–water partition coefficient (Wildman–Crippen LogP) is 0.319. The maximum absolute atomic E-state index is 11.6. The number of carbonyl (C=O) groups is 2. The number of hydrogen-bond acceptors (Lipinski definition) is 3. The quantitative estimate of drug-likeness (QED) is 0.787. The number of benzene rings is 1. The van der Waals surface area contributed by atoms with Crippen molar-refractivity contribution in [3.05, 3.63) is 35.9 Å². The normalized spacial score (nSPS) is 16.0. The molecule has 0 aromatic heterocycles. The molecule has 2 rings (SSSR count). The third kappa shape index (κ3) is 3.30. The number of carboxylic acids is 1. The number of aliphatic carboxylic acids is 1. The molecule has 0 saturated carbocycles. The van der Waals surface area contributed by atoms with Crippen LogP contribution in [0.3, 0.4) is 0 Å². The highest BCUT2D eigenvalue weighted by molar-refractivity contribution is 5.79. The summed E-state index contributed by atoms with van der Waals surface area (Å²) in [5.41, 5.74) is 1.05. The maximum Gasteiger partial charge on any atom is 0.309 e. The predicted molar refractivity (Wildman–Crippen MR) is 65.9 cm³/mol. The fourth-order valence-corrected chi connectivity index (χ4v) is 1.91. The Morgan fingerprint density at radius 3 is 2.56 bits per heavy atom. The average molecular weight is 248 g/mol. The highest BCUT2D eigenvalue weighted by Crippen LogP contribution is 2.14. The van der Waals surface area contributed by atoms with E-state index in [9.17, 15) is 9.59 Å². The molecule has 1 aliphatic heterocycles. The van der Waals surface area contributed by atoms with Crippen LogP contribution < -0.4 is 5.32 Å². The van der Waals surface area contributed by atoms with E-state index in [1.807, 2.05) is 35.2 Å². The van der Waals surface area contributed by atoms with Gasteiger partial charge in [0.2, 0.25) is 5.91 Å². The van der Waals surface area contributed by atoms with E-state index in [1.54, 1.807) is 0 Å². The van der Waals surface area contributed by atoms with Crippen molar-refractivity contribution in [2.45, 2.75) is 6.54 Å². The molecule has 0 aliphatic carbocycles. The number of nitrogens with one attached hydrogen (secondary N) is 1. The van der Waals surface area contributed by atoms with Crippen molar-refractivity contribution in [3.63, 3.8) is 0 Å². The van der Waals surface area contributed by atoms with Crippen molar-refractivity contribution in [1.29, 1.82) is 0 Å². The zero-order chi connectivity index (χ0) is 13.0. The standard InChI is InChI=1S/C13H16N2O3/c16-12(9-15-7-11(8-15)13(17)18)14-6-10-4-2-1-3-5-10/h1-5,11H,6-9H2,(H,14,16)(H,17,18). The van der Waals surface area contributed by atoms with E-state index in [0.29, 0.717) is 19.6 Å². The summed E-state index contributed by atoms with van der Waals surface area (Å²) in [6, 6.07) is 9.68. The van der Waals surface area contributed by atoms with Gasteiger partial charge in [-0.1, -0.05) is 30.3 Å². The fraction of sp³-hybridized carbons (Fsp3) is 0.385. The largest absolute Gasteiger partial charge is 0.481 e. The van der Waals surface area contributed by atoms with Crippen LogP contribution in [0.2, 0.25) is 0 Å². The minimum atomic E-state index is -0.782. The molecule has 18 heavy (non-hydrogen) atoms. The first-order valence-corrected chi connectivity index (χ1v) is 5.91. The maximum atomic E-state index is 11.6. The molecule has 5 nitrogen and oxygen atoms in total. The first-order valence-electron chi connectivity index (χ1n) is 5.91. The van der Waals surface area contributed by atoms with Crippen LogP contribution in [-0.2, 0) is 16.1 Å². The molecule has 0 atom stereocenters. The molecule has 1 fully saturated rings. The molecular formula is C13H16N2O3. The highest BCUT2D eigenvalue weighted by atomic mass is 16.4. The lowest BCUT2D eigenvalue weighted by Crippen LogP contribution is -2.53. The van der Waals surface area contributed by atoms with Gasteiger partial charge >= 0.3 is 5.97 Å². The lowest BCUT2D eigenvalue weighted by Gasteiger charge is -2.35. The summed E-state index contributed by atoms with van der Waals surface area (Å²) in [7, 11) is 0. The van der Waals surface area contributed by atoms with Crippen molar-refractivity contribution < 1.29 is 14.7 Å². The number of nitrogens with zero attached hydrogens (tertiary/aromatic N) is 1. The van der Waals surface area contributed by atoms with Crippen molar-refractivity contribution in [2.75, 3.05) is 19.6 Å². The first kappa shape index (κ1) is 12.6. The molecular weight excluding hydrogens is 232 g/mol. The number of carbonyl (C=O) groups excluding carboxylic acids is 1. The van der Waals surface area contributed by atoms with Gasteiger partial charge in [-0.3, -0.25) is 14.5 Å². The Morgan fingerprint density at radius 1 is 1.28 bits per heavy atom. The third-order valence-electron chi connectivity index (χ3n) is 3.01. The Labute approximate surface area is 105 Å². The molecule has 1 saturated heterocycles. The molecule has 0 radical (unpaired) electrons. The van der Waals surface area contributed by atoms with Crippen molar-refractivity contribution in [2.24, 2.45) is 5.92 Å². The lowest BCUT2D eigenvalue weighted by atomic mass is 10.0. The summed E-state index contributed by atoms with van der Waals surface area (Å²) >= 11 is 0. The van der Waals surface area contributed by atoms with Crippen LogP contribution in [0.5, 0.6) is 0 Å². The summed E-state index contributed by atoms with van der Waals surface area (Å²) < 4.78 is 0. The Kier molecular flexibility index (Phi) is 3.94. The van der Waals surface area contributed by atoms with Gasteiger partial charge in [0, 0.05) is 19.6 Å². The van der Waals surface area contributed by atoms with E-state index in [1.165, 1.54) is 0 Å². The Bertz CT molecular complexity index is 427. The van der Waals surface area contributed by atoms with E-state index in [2.05, 4.69) is 5.32 Å². The SMILES string of the molecule is O=C(CN1CC(C(=O)O)C1)NCc1ccccc1. The van der Waals surface area contributed by atoms with Crippen molar-refractivity contribution in [1.82, 2.24) is 10.2 Å². The van der Waals surface area contributed by atoms with Crippen LogP contribution in [0.15, 0.2) is 30.3 Å². The van der Waals surface area contributed by atoms with Gasteiger partial charge in [-0.25, -0.2) is 0 Å². The molecule has 96 valence electrons. The van der Waals surface area contributed by atoms with Gasteiger partial charge in [0.15, 0.2) is 0 Å². The molecule has 1 aromatic rings. The van der Waals surface area contributed by atoms with E-state index in [4.69, 9.17) is 5.11 Å². The Hall–Kier alpha value is -1.88. The number of carboxylic acid groups (broad SMARTS) is 1.